The first kappa shape index (κ1) is 17.8. The number of aryl methyl sites for hydroxylation is 2. The van der Waals surface area contributed by atoms with Crippen molar-refractivity contribution in [2.75, 3.05) is 0 Å². The minimum Gasteiger partial charge on any atom is -0.288 e. The second-order valence-corrected chi connectivity index (χ2v) is 7.98. The Balaban J connectivity index is 1.78. The molecule has 0 N–H and O–H groups in total. The molecule has 0 fully saturated rings. The maximum absolute atomic E-state index is 13.5. The molecule has 0 radical (unpaired) electrons. The minimum absolute atomic E-state index is 0.0300. The molecule has 0 spiro atoms. The van der Waals surface area contributed by atoms with E-state index in [2.05, 4.69) is 31.2 Å². The molecule has 31 heavy (non-hydrogen) atoms. The van der Waals surface area contributed by atoms with Crippen molar-refractivity contribution < 1.29 is 4.79 Å². The van der Waals surface area contributed by atoms with E-state index in [1.807, 2.05) is 66.2 Å². The molecule has 4 nitrogen and oxygen atoms in total. The predicted octanol–water partition coefficient (Wildman–Crippen LogP) is 5.92. The van der Waals surface area contributed by atoms with Crippen molar-refractivity contribution in [2.45, 2.75) is 13.8 Å². The smallest absolute Gasteiger partial charge is 0.196 e. The number of pyridine rings is 1. The fraction of sp³-hybridized carbons (Fsp3) is 0.0741. The summed E-state index contributed by atoms with van der Waals surface area (Å²) in [6.45, 7) is 4.05. The van der Waals surface area contributed by atoms with Gasteiger partial charge in [-0.05, 0) is 31.5 Å². The van der Waals surface area contributed by atoms with Crippen LogP contribution in [0.4, 0.5) is 0 Å². The molecule has 2 heterocycles. The molecule has 3 aromatic carbocycles. The van der Waals surface area contributed by atoms with E-state index in [1.165, 1.54) is 5.56 Å². The third-order valence-corrected chi connectivity index (χ3v) is 5.99. The van der Waals surface area contributed by atoms with Crippen molar-refractivity contribution >= 4 is 16.8 Å². The van der Waals surface area contributed by atoms with Crippen LogP contribution in [0.5, 0.6) is 0 Å². The Bertz CT molecular complexity index is 1500. The average Bonchev–Trinajstić information content (AvgIpc) is 3.29. The van der Waals surface area contributed by atoms with Crippen molar-refractivity contribution in [3.8, 4) is 28.1 Å². The van der Waals surface area contributed by atoms with Crippen LogP contribution in [-0.4, -0.2) is 20.5 Å². The van der Waals surface area contributed by atoms with Gasteiger partial charge in [0.15, 0.2) is 11.4 Å². The second-order valence-electron chi connectivity index (χ2n) is 7.98. The number of para-hydroxylation sites is 1. The number of benzene rings is 3. The first-order chi connectivity index (χ1) is 15.1. The van der Waals surface area contributed by atoms with Gasteiger partial charge < -0.3 is 0 Å². The molecule has 1 aliphatic carbocycles. The third-order valence-electron chi connectivity index (χ3n) is 5.99. The van der Waals surface area contributed by atoms with Crippen LogP contribution in [0.25, 0.3) is 39.1 Å². The van der Waals surface area contributed by atoms with E-state index in [-0.39, 0.29) is 5.78 Å². The zero-order valence-electron chi connectivity index (χ0n) is 17.3. The molecule has 0 saturated heterocycles. The molecule has 5 aromatic rings. The van der Waals surface area contributed by atoms with Gasteiger partial charge in [-0.15, -0.1) is 0 Å². The predicted molar refractivity (Wildman–Crippen MR) is 123 cm³/mol. The summed E-state index contributed by atoms with van der Waals surface area (Å²) in [6, 6.07) is 26.1. The van der Waals surface area contributed by atoms with Crippen LogP contribution in [0.15, 0.2) is 78.9 Å². The monoisotopic (exact) mass is 401 g/mol. The quantitative estimate of drug-likeness (QED) is 0.362. The van der Waals surface area contributed by atoms with Gasteiger partial charge in [-0.2, -0.15) is 5.10 Å². The summed E-state index contributed by atoms with van der Waals surface area (Å²) in [6.07, 6.45) is 0. The molecule has 4 heteroatoms. The van der Waals surface area contributed by atoms with Gasteiger partial charge >= 0.3 is 0 Å². The van der Waals surface area contributed by atoms with Gasteiger partial charge in [-0.25, -0.2) is 9.67 Å². The lowest BCUT2D eigenvalue weighted by molar-refractivity contribution is 0.104. The van der Waals surface area contributed by atoms with Gasteiger partial charge in [0.1, 0.15) is 0 Å². The molecule has 0 bridgehead atoms. The SMILES string of the molecule is Cc1ccc(-c2c3c(nc4c2c(C)nn4-c2ccccc2)-c2ccccc2C3=O)cc1. The summed E-state index contributed by atoms with van der Waals surface area (Å²) < 4.78 is 1.88. The van der Waals surface area contributed by atoms with Gasteiger partial charge in [-0.1, -0.05) is 72.3 Å². The second kappa shape index (κ2) is 6.47. The van der Waals surface area contributed by atoms with Crippen LogP contribution in [0.1, 0.15) is 27.2 Å². The minimum atomic E-state index is 0.0300. The van der Waals surface area contributed by atoms with Gasteiger partial charge in [0.05, 0.1) is 28.0 Å². The normalized spacial score (nSPS) is 12.3. The lowest BCUT2D eigenvalue weighted by Crippen LogP contribution is -2.02. The standard InChI is InChI=1S/C27H19N3O/c1-16-12-14-18(15-13-16)23-22-17(2)29-30(19-8-4-3-5-9-19)27(22)28-25-20-10-6-7-11-21(20)26(31)24(23)25/h3-15H,1-2H3. The highest BCUT2D eigenvalue weighted by Gasteiger charge is 2.34. The largest absolute Gasteiger partial charge is 0.288 e. The Kier molecular flexibility index (Phi) is 3.71. The fourth-order valence-electron chi connectivity index (χ4n) is 4.51. The third kappa shape index (κ3) is 2.51. The summed E-state index contributed by atoms with van der Waals surface area (Å²) in [7, 11) is 0. The van der Waals surface area contributed by atoms with E-state index >= 15 is 0 Å². The fourth-order valence-corrected chi connectivity index (χ4v) is 4.51. The number of hydrogen-bond donors (Lipinski definition) is 0. The topological polar surface area (TPSA) is 47.8 Å². The number of aromatic nitrogens is 3. The number of rotatable bonds is 2. The van der Waals surface area contributed by atoms with Crippen LogP contribution in [0, 0.1) is 13.8 Å². The Hall–Kier alpha value is -4.05. The van der Waals surface area contributed by atoms with Gasteiger partial charge in [0.2, 0.25) is 0 Å². The van der Waals surface area contributed by atoms with E-state index < -0.39 is 0 Å². The molecule has 2 aromatic heterocycles. The first-order valence-electron chi connectivity index (χ1n) is 10.3. The molecule has 0 aliphatic heterocycles. The van der Waals surface area contributed by atoms with Crippen LogP contribution < -0.4 is 0 Å². The van der Waals surface area contributed by atoms with Crippen LogP contribution in [0.2, 0.25) is 0 Å². The average molecular weight is 401 g/mol. The summed E-state index contributed by atoms with van der Waals surface area (Å²) in [5.41, 5.74) is 8.67. The van der Waals surface area contributed by atoms with Crippen LogP contribution in [0.3, 0.4) is 0 Å². The van der Waals surface area contributed by atoms with Crippen LogP contribution >= 0.6 is 0 Å². The molecule has 148 valence electrons. The molecule has 0 saturated carbocycles. The van der Waals surface area contributed by atoms with Crippen molar-refractivity contribution in [3.05, 3.63) is 101 Å². The lowest BCUT2D eigenvalue weighted by atomic mass is 9.94. The highest BCUT2D eigenvalue weighted by atomic mass is 16.1. The Morgan fingerprint density at radius 1 is 0.742 bits per heavy atom. The number of hydrogen-bond acceptors (Lipinski definition) is 3. The highest BCUT2D eigenvalue weighted by molar-refractivity contribution is 6.26. The molecule has 0 unspecified atom stereocenters. The van der Waals surface area contributed by atoms with Crippen molar-refractivity contribution in [1.82, 2.24) is 14.8 Å². The summed E-state index contributed by atoms with van der Waals surface area (Å²) in [5.74, 6) is 0.0300. The molecular weight excluding hydrogens is 382 g/mol. The van der Waals surface area contributed by atoms with E-state index in [0.29, 0.717) is 11.1 Å². The van der Waals surface area contributed by atoms with E-state index in [4.69, 9.17) is 10.1 Å². The van der Waals surface area contributed by atoms with E-state index in [0.717, 1.165) is 44.8 Å². The number of carbonyl (C=O) groups is 1. The molecule has 1 aliphatic rings. The number of nitrogens with zero attached hydrogens (tertiary/aromatic N) is 3. The van der Waals surface area contributed by atoms with E-state index in [1.54, 1.807) is 0 Å². The van der Waals surface area contributed by atoms with Crippen molar-refractivity contribution in [2.24, 2.45) is 0 Å². The van der Waals surface area contributed by atoms with Crippen molar-refractivity contribution in [1.29, 1.82) is 0 Å². The van der Waals surface area contributed by atoms with E-state index in [9.17, 15) is 4.79 Å². The van der Waals surface area contributed by atoms with Gasteiger partial charge in [-0.3, -0.25) is 4.79 Å². The zero-order valence-corrected chi connectivity index (χ0v) is 17.3. The Morgan fingerprint density at radius 3 is 2.16 bits per heavy atom. The maximum Gasteiger partial charge on any atom is 0.196 e. The number of ketones is 1. The van der Waals surface area contributed by atoms with Gasteiger partial charge in [0, 0.05) is 16.7 Å². The number of fused-ring (bicyclic) bond motifs is 4. The molecule has 0 amide bonds. The Labute approximate surface area is 179 Å². The van der Waals surface area contributed by atoms with Crippen molar-refractivity contribution in [3.63, 3.8) is 0 Å². The molecule has 0 atom stereocenters. The summed E-state index contributed by atoms with van der Waals surface area (Å²) in [4.78, 5) is 18.5. The lowest BCUT2D eigenvalue weighted by Gasteiger charge is -2.11. The summed E-state index contributed by atoms with van der Waals surface area (Å²) in [5, 5.41) is 5.75. The molecule has 6 rings (SSSR count). The Morgan fingerprint density at radius 2 is 1.42 bits per heavy atom. The zero-order chi connectivity index (χ0) is 21.1. The maximum atomic E-state index is 13.5. The van der Waals surface area contributed by atoms with Gasteiger partial charge in [0.25, 0.3) is 0 Å². The summed E-state index contributed by atoms with van der Waals surface area (Å²) >= 11 is 0. The van der Waals surface area contributed by atoms with Crippen LogP contribution in [-0.2, 0) is 0 Å². The molecular formula is C27H19N3O. The first-order valence-corrected chi connectivity index (χ1v) is 10.3. The highest BCUT2D eigenvalue weighted by Crippen LogP contribution is 2.44. The number of carbonyl (C=O) groups excluding carboxylic acids is 1.